The number of hydrogen-bond acceptors (Lipinski definition) is 5. The Morgan fingerprint density at radius 3 is 2.53 bits per heavy atom. The lowest BCUT2D eigenvalue weighted by molar-refractivity contribution is -0.274. The highest BCUT2D eigenvalue weighted by molar-refractivity contribution is 6.19. The van der Waals surface area contributed by atoms with Crippen molar-refractivity contribution >= 4 is 29.4 Å². The van der Waals surface area contributed by atoms with Crippen molar-refractivity contribution in [2.45, 2.75) is 18.8 Å². The monoisotopic (exact) mass is 509 g/mol. The van der Waals surface area contributed by atoms with Crippen LogP contribution in [0.4, 0.5) is 28.0 Å². The highest BCUT2D eigenvalue weighted by atomic mass is 19.4. The first-order chi connectivity index (χ1) is 16.9. The molecule has 2 N–H and O–H groups in total. The molecule has 1 aliphatic heterocycles. The summed E-state index contributed by atoms with van der Waals surface area (Å²) in [6.07, 6.45) is -3.20. The van der Waals surface area contributed by atoms with Gasteiger partial charge in [-0.3, -0.25) is 19.3 Å². The third kappa shape index (κ3) is 6.37. The summed E-state index contributed by atoms with van der Waals surface area (Å²) in [6, 6.07) is 4.89. The molecule has 0 bridgehead atoms. The third-order valence-corrected chi connectivity index (χ3v) is 4.97. The van der Waals surface area contributed by atoms with E-state index in [1.54, 1.807) is 0 Å². The largest absolute Gasteiger partial charge is 0.573 e. The maximum atomic E-state index is 14.7. The number of carbonyl (C=O) groups is 4. The summed E-state index contributed by atoms with van der Waals surface area (Å²) in [7, 11) is 1.34. The molecule has 0 spiro atoms. The number of aliphatic carboxylic acids is 1. The normalized spacial score (nSPS) is 15.6. The molecule has 0 aromatic heterocycles. The predicted octanol–water partition coefficient (Wildman–Crippen LogP) is 3.31. The Morgan fingerprint density at radius 2 is 1.86 bits per heavy atom. The van der Waals surface area contributed by atoms with Crippen LogP contribution in [0, 0.1) is 5.82 Å². The van der Waals surface area contributed by atoms with Crippen molar-refractivity contribution in [1.29, 1.82) is 0 Å². The second-order valence-corrected chi connectivity index (χ2v) is 7.59. The quantitative estimate of drug-likeness (QED) is 0.437. The van der Waals surface area contributed by atoms with Crippen molar-refractivity contribution in [3.63, 3.8) is 0 Å². The van der Waals surface area contributed by atoms with Gasteiger partial charge in [0.15, 0.2) is 11.8 Å². The molecule has 3 amide bonds. The minimum absolute atomic E-state index is 0.0144. The molecule has 3 rings (SSSR count). The number of ether oxygens (including phenoxy) is 1. The Bertz CT molecular complexity index is 1230. The number of nitrogens with zero attached hydrogens (tertiary/aromatic N) is 2. The lowest BCUT2D eigenvalue weighted by Gasteiger charge is -2.33. The Balaban J connectivity index is 2.06. The van der Waals surface area contributed by atoms with E-state index in [0.717, 1.165) is 35.2 Å². The van der Waals surface area contributed by atoms with Crippen LogP contribution in [0.3, 0.4) is 0 Å². The number of anilines is 1. The molecule has 1 aliphatic rings. The molecule has 2 aromatic carbocycles. The second kappa shape index (κ2) is 10.5. The van der Waals surface area contributed by atoms with Crippen LogP contribution in [0.1, 0.15) is 6.42 Å². The van der Waals surface area contributed by atoms with Crippen LogP contribution in [0.25, 0.3) is 11.1 Å². The number of urea groups is 1. The van der Waals surface area contributed by atoms with Crippen LogP contribution in [0.5, 0.6) is 5.75 Å². The molecule has 0 fully saturated rings. The Morgan fingerprint density at radius 1 is 1.14 bits per heavy atom. The molecule has 1 atom stereocenters. The molecule has 1 heterocycles. The summed E-state index contributed by atoms with van der Waals surface area (Å²) < 4.78 is 56.4. The molecule has 0 saturated heterocycles. The number of alkyl halides is 3. The van der Waals surface area contributed by atoms with Crippen LogP contribution in [-0.2, 0) is 14.4 Å². The average molecular weight is 509 g/mol. The van der Waals surface area contributed by atoms with Gasteiger partial charge in [0.05, 0.1) is 12.1 Å². The molecule has 36 heavy (non-hydrogen) atoms. The van der Waals surface area contributed by atoms with Gasteiger partial charge in [0.25, 0.3) is 5.91 Å². The third-order valence-electron chi connectivity index (χ3n) is 4.97. The van der Waals surface area contributed by atoms with Crippen molar-refractivity contribution in [2.24, 2.45) is 0 Å². The zero-order chi connectivity index (χ0) is 26.6. The van der Waals surface area contributed by atoms with Gasteiger partial charge in [-0.1, -0.05) is 12.1 Å². The number of carbonyl (C=O) groups excluding carboxylic acids is 3. The van der Waals surface area contributed by atoms with Gasteiger partial charge in [-0.15, -0.1) is 13.2 Å². The number of ketones is 1. The smallest absolute Gasteiger partial charge is 0.481 e. The van der Waals surface area contributed by atoms with Crippen LogP contribution in [0.15, 0.2) is 54.7 Å². The fraction of sp³-hybridized carbons (Fsp3) is 0.217. The van der Waals surface area contributed by atoms with Gasteiger partial charge < -0.3 is 20.1 Å². The summed E-state index contributed by atoms with van der Waals surface area (Å²) in [5, 5.41) is 11.1. The van der Waals surface area contributed by atoms with E-state index in [2.05, 4.69) is 10.1 Å². The zero-order valence-corrected chi connectivity index (χ0v) is 18.6. The summed E-state index contributed by atoms with van der Waals surface area (Å²) in [5.41, 5.74) is -0.169. The number of carboxylic acids is 1. The molecule has 13 heteroatoms. The van der Waals surface area contributed by atoms with Gasteiger partial charge in [-0.2, -0.15) is 0 Å². The van der Waals surface area contributed by atoms with Gasteiger partial charge in [-0.25, -0.2) is 9.18 Å². The SMILES string of the molecule is CN1C=CC(=O)[C@H](N(C(=O)NCCC(=O)O)c2cc(F)cc(-c3cccc(OC(F)(F)F)c3)c2)C1=O. The summed E-state index contributed by atoms with van der Waals surface area (Å²) in [4.78, 5) is 50.9. The van der Waals surface area contributed by atoms with E-state index < -0.39 is 54.1 Å². The summed E-state index contributed by atoms with van der Waals surface area (Å²) >= 11 is 0. The topological polar surface area (TPSA) is 116 Å². The number of halogens is 4. The number of rotatable bonds is 7. The lowest BCUT2D eigenvalue weighted by atomic mass is 10.0. The minimum atomic E-state index is -4.96. The zero-order valence-electron chi connectivity index (χ0n) is 18.6. The maximum absolute atomic E-state index is 14.7. The number of benzene rings is 2. The van der Waals surface area contributed by atoms with Crippen LogP contribution in [-0.4, -0.2) is 59.7 Å². The van der Waals surface area contributed by atoms with Crippen molar-refractivity contribution < 1.29 is 46.6 Å². The first kappa shape index (κ1) is 26.2. The lowest BCUT2D eigenvalue weighted by Crippen LogP contribution is -2.57. The standard InChI is InChI=1S/C23H19F4N3O6/c1-29-8-6-18(31)20(21(29)34)30(22(35)28-7-5-19(32)33)16-10-14(9-15(24)12-16)13-3-2-4-17(11-13)36-23(25,26)27/h2-4,6,8-12,20H,5,7H2,1H3,(H,28,35)(H,32,33)/t20-/m0/s1. The number of carboxylic acid groups (broad SMARTS) is 1. The molecular weight excluding hydrogens is 490 g/mol. The molecule has 0 unspecified atom stereocenters. The molecule has 190 valence electrons. The average Bonchev–Trinajstić information content (AvgIpc) is 2.77. The van der Waals surface area contributed by atoms with E-state index in [9.17, 15) is 36.7 Å². The Kier molecular flexibility index (Phi) is 7.61. The molecule has 0 aliphatic carbocycles. The number of hydrogen-bond donors (Lipinski definition) is 2. The van der Waals surface area contributed by atoms with Gasteiger partial charge in [0, 0.05) is 25.9 Å². The van der Waals surface area contributed by atoms with E-state index in [4.69, 9.17) is 5.11 Å². The van der Waals surface area contributed by atoms with Gasteiger partial charge in [-0.05, 0) is 41.5 Å². The van der Waals surface area contributed by atoms with E-state index in [1.165, 1.54) is 31.4 Å². The van der Waals surface area contributed by atoms with Gasteiger partial charge >= 0.3 is 18.4 Å². The van der Waals surface area contributed by atoms with E-state index in [0.29, 0.717) is 4.90 Å². The number of nitrogens with one attached hydrogen (secondary N) is 1. The molecule has 9 nitrogen and oxygen atoms in total. The highest BCUT2D eigenvalue weighted by Gasteiger charge is 2.40. The highest BCUT2D eigenvalue weighted by Crippen LogP contribution is 2.32. The van der Waals surface area contributed by atoms with E-state index >= 15 is 0 Å². The first-order valence-corrected chi connectivity index (χ1v) is 10.3. The molecular formula is C23H19F4N3O6. The minimum Gasteiger partial charge on any atom is -0.481 e. The Hall–Kier alpha value is -4.42. The predicted molar refractivity (Wildman–Crippen MR) is 117 cm³/mol. The maximum Gasteiger partial charge on any atom is 0.573 e. The number of amides is 3. The summed E-state index contributed by atoms with van der Waals surface area (Å²) in [5.74, 6) is -4.32. The van der Waals surface area contributed by atoms with Crippen molar-refractivity contribution in [2.75, 3.05) is 18.5 Å². The fourth-order valence-electron chi connectivity index (χ4n) is 3.40. The van der Waals surface area contributed by atoms with E-state index in [-0.39, 0.29) is 23.4 Å². The van der Waals surface area contributed by atoms with Gasteiger partial charge in [0.1, 0.15) is 11.6 Å². The van der Waals surface area contributed by atoms with Gasteiger partial charge in [0.2, 0.25) is 0 Å². The second-order valence-electron chi connectivity index (χ2n) is 7.59. The van der Waals surface area contributed by atoms with Crippen LogP contribution in [0.2, 0.25) is 0 Å². The molecule has 0 radical (unpaired) electrons. The van der Waals surface area contributed by atoms with Crippen molar-refractivity contribution in [3.8, 4) is 16.9 Å². The molecule has 0 saturated carbocycles. The fourth-order valence-corrected chi connectivity index (χ4v) is 3.40. The number of likely N-dealkylation sites (N-methyl/N-ethyl adjacent to an activating group) is 1. The van der Waals surface area contributed by atoms with Crippen molar-refractivity contribution in [1.82, 2.24) is 10.2 Å². The Labute approximate surface area is 201 Å². The van der Waals surface area contributed by atoms with Crippen LogP contribution < -0.4 is 15.0 Å². The molecule has 2 aromatic rings. The van der Waals surface area contributed by atoms with E-state index in [1.807, 2.05) is 0 Å². The summed E-state index contributed by atoms with van der Waals surface area (Å²) in [6.45, 7) is -0.357. The van der Waals surface area contributed by atoms with Crippen molar-refractivity contribution in [3.05, 3.63) is 60.6 Å². The first-order valence-electron chi connectivity index (χ1n) is 10.3. The van der Waals surface area contributed by atoms with Crippen LogP contribution >= 0.6 is 0 Å².